The van der Waals surface area contributed by atoms with Crippen LogP contribution in [-0.4, -0.2) is 34.2 Å². The minimum absolute atomic E-state index is 0.0225. The van der Waals surface area contributed by atoms with E-state index in [1.54, 1.807) is 33.8 Å². The third kappa shape index (κ3) is 6.70. The van der Waals surface area contributed by atoms with Crippen molar-refractivity contribution in [3.63, 3.8) is 0 Å². The van der Waals surface area contributed by atoms with Crippen LogP contribution < -0.4 is 9.46 Å². The third-order valence-electron chi connectivity index (χ3n) is 6.47. The first-order valence-electron chi connectivity index (χ1n) is 12.5. The highest BCUT2D eigenvalue weighted by molar-refractivity contribution is 9.11. The lowest BCUT2D eigenvalue weighted by molar-refractivity contribution is 0.445. The van der Waals surface area contributed by atoms with Gasteiger partial charge in [-0.15, -0.1) is 0 Å². The standard InChI is InChI=1S/C28H34Br2N2O5S2/c1-8-32(9-2)39(35,36)21-11-13-26(37-27-14-18(5)10-12-22(27)17(3)4)25(15-21)31-38(33,34)28-19(6)23(29)16-24(30)20(28)7/h10-17,31H,8-9H2,1-7H3. The molecule has 3 aromatic rings. The summed E-state index contributed by atoms with van der Waals surface area (Å²) in [4.78, 5) is 0.0542. The van der Waals surface area contributed by atoms with E-state index in [9.17, 15) is 16.8 Å². The molecular formula is C28H34Br2N2O5S2. The van der Waals surface area contributed by atoms with Crippen LogP contribution in [0.4, 0.5) is 5.69 Å². The fraction of sp³-hybridized carbons (Fsp3) is 0.357. The van der Waals surface area contributed by atoms with E-state index in [1.807, 2.05) is 39.0 Å². The lowest BCUT2D eigenvalue weighted by atomic mass is 10.0. The lowest BCUT2D eigenvalue weighted by Gasteiger charge is -2.22. The molecule has 39 heavy (non-hydrogen) atoms. The summed E-state index contributed by atoms with van der Waals surface area (Å²) < 4.78 is 65.8. The summed E-state index contributed by atoms with van der Waals surface area (Å²) in [5.41, 5.74) is 2.99. The zero-order valence-electron chi connectivity index (χ0n) is 23.1. The van der Waals surface area contributed by atoms with E-state index in [1.165, 1.54) is 22.5 Å². The third-order valence-corrected chi connectivity index (χ3v) is 11.8. The van der Waals surface area contributed by atoms with Gasteiger partial charge in [0.2, 0.25) is 10.0 Å². The molecule has 0 aromatic heterocycles. The minimum atomic E-state index is -4.16. The van der Waals surface area contributed by atoms with E-state index < -0.39 is 20.0 Å². The highest BCUT2D eigenvalue weighted by Gasteiger charge is 2.28. The molecule has 0 radical (unpaired) electrons. The molecule has 212 valence electrons. The molecule has 0 bridgehead atoms. The van der Waals surface area contributed by atoms with Crippen LogP contribution in [0, 0.1) is 20.8 Å². The molecule has 0 atom stereocenters. The number of ether oxygens (including phenoxy) is 1. The molecule has 0 spiro atoms. The number of aryl methyl sites for hydroxylation is 1. The maximum atomic E-state index is 13.8. The maximum absolute atomic E-state index is 13.8. The van der Waals surface area contributed by atoms with Crippen molar-refractivity contribution in [3.8, 4) is 11.5 Å². The van der Waals surface area contributed by atoms with E-state index in [-0.39, 0.29) is 40.2 Å². The van der Waals surface area contributed by atoms with E-state index in [2.05, 4.69) is 36.6 Å². The maximum Gasteiger partial charge on any atom is 0.262 e. The van der Waals surface area contributed by atoms with E-state index in [4.69, 9.17) is 4.74 Å². The lowest BCUT2D eigenvalue weighted by Crippen LogP contribution is -2.30. The molecule has 0 aliphatic heterocycles. The van der Waals surface area contributed by atoms with Gasteiger partial charge < -0.3 is 4.74 Å². The highest BCUT2D eigenvalue weighted by atomic mass is 79.9. The van der Waals surface area contributed by atoms with Crippen LogP contribution in [0.2, 0.25) is 0 Å². The molecule has 0 saturated heterocycles. The number of anilines is 1. The quantitative estimate of drug-likeness (QED) is 0.232. The summed E-state index contributed by atoms with van der Waals surface area (Å²) in [7, 11) is -8.02. The smallest absolute Gasteiger partial charge is 0.262 e. The predicted molar refractivity (Wildman–Crippen MR) is 164 cm³/mol. The number of rotatable bonds is 10. The number of hydrogen-bond acceptors (Lipinski definition) is 5. The van der Waals surface area contributed by atoms with Crippen LogP contribution in [-0.2, 0) is 20.0 Å². The molecule has 3 rings (SSSR count). The molecule has 11 heteroatoms. The first-order valence-corrected chi connectivity index (χ1v) is 17.1. The highest BCUT2D eigenvalue weighted by Crippen LogP contribution is 2.39. The van der Waals surface area contributed by atoms with Gasteiger partial charge >= 0.3 is 0 Å². The molecule has 0 fully saturated rings. The minimum Gasteiger partial charge on any atom is -0.455 e. The number of benzene rings is 3. The molecular weight excluding hydrogens is 668 g/mol. The summed E-state index contributed by atoms with van der Waals surface area (Å²) in [5, 5.41) is 0. The van der Waals surface area contributed by atoms with Crippen LogP contribution >= 0.6 is 31.9 Å². The van der Waals surface area contributed by atoms with Gasteiger partial charge in [-0.1, -0.05) is 71.7 Å². The fourth-order valence-electron chi connectivity index (χ4n) is 4.30. The van der Waals surface area contributed by atoms with Crippen molar-refractivity contribution < 1.29 is 21.6 Å². The van der Waals surface area contributed by atoms with Crippen molar-refractivity contribution in [2.75, 3.05) is 17.8 Å². The summed E-state index contributed by atoms with van der Waals surface area (Å²) >= 11 is 6.87. The molecule has 0 amide bonds. The SMILES string of the molecule is CCN(CC)S(=O)(=O)c1ccc(Oc2cc(C)ccc2C(C)C)c(NS(=O)(=O)c2c(C)c(Br)cc(Br)c2C)c1. The molecule has 1 N–H and O–H groups in total. The molecule has 0 aliphatic carbocycles. The second-order valence-electron chi connectivity index (χ2n) is 9.57. The van der Waals surface area contributed by atoms with Crippen LogP contribution in [0.15, 0.2) is 61.2 Å². The predicted octanol–water partition coefficient (Wildman–Crippen LogP) is 7.88. The zero-order chi connectivity index (χ0) is 29.3. The van der Waals surface area contributed by atoms with Gasteiger partial charge in [0.05, 0.1) is 15.5 Å². The average Bonchev–Trinajstić information content (AvgIpc) is 2.84. The number of sulfonamides is 2. The normalized spacial score (nSPS) is 12.3. The number of nitrogens with one attached hydrogen (secondary N) is 1. The Morgan fingerprint density at radius 1 is 0.846 bits per heavy atom. The number of hydrogen-bond donors (Lipinski definition) is 1. The topological polar surface area (TPSA) is 92.8 Å². The van der Waals surface area contributed by atoms with Gasteiger partial charge in [-0.05, 0) is 79.3 Å². The molecule has 3 aromatic carbocycles. The van der Waals surface area contributed by atoms with Crippen molar-refractivity contribution in [1.29, 1.82) is 0 Å². The van der Waals surface area contributed by atoms with Crippen molar-refractivity contribution >= 4 is 57.6 Å². The average molecular weight is 703 g/mol. The van der Waals surface area contributed by atoms with Crippen LogP contribution in [0.5, 0.6) is 11.5 Å². The van der Waals surface area contributed by atoms with Crippen molar-refractivity contribution in [2.24, 2.45) is 0 Å². The van der Waals surface area contributed by atoms with Crippen molar-refractivity contribution in [3.05, 3.63) is 73.7 Å². The Kier molecular flexibility index (Phi) is 9.97. The number of halogens is 2. The fourth-order valence-corrected chi connectivity index (χ4v) is 8.79. The Labute approximate surface area is 249 Å². The second-order valence-corrected chi connectivity index (χ2v) is 14.8. The van der Waals surface area contributed by atoms with Gasteiger partial charge in [0.15, 0.2) is 5.75 Å². The largest absolute Gasteiger partial charge is 0.455 e. The Balaban J connectivity index is 2.24. The molecule has 0 unspecified atom stereocenters. The summed E-state index contributed by atoms with van der Waals surface area (Å²) in [5.74, 6) is 0.906. The first-order chi connectivity index (χ1) is 18.1. The monoisotopic (exact) mass is 700 g/mol. The Morgan fingerprint density at radius 3 is 1.97 bits per heavy atom. The Bertz CT molecular complexity index is 1570. The van der Waals surface area contributed by atoms with Crippen molar-refractivity contribution in [1.82, 2.24) is 4.31 Å². The van der Waals surface area contributed by atoms with E-state index >= 15 is 0 Å². The van der Waals surface area contributed by atoms with Gasteiger partial charge in [0.25, 0.3) is 10.0 Å². The van der Waals surface area contributed by atoms with Gasteiger partial charge in [0.1, 0.15) is 5.75 Å². The Hall–Kier alpha value is -1.92. The number of nitrogens with zero attached hydrogens (tertiary/aromatic N) is 1. The van der Waals surface area contributed by atoms with Gasteiger partial charge in [-0.25, -0.2) is 16.8 Å². The zero-order valence-corrected chi connectivity index (χ0v) is 27.9. The summed E-state index contributed by atoms with van der Waals surface area (Å²) in [6.07, 6.45) is 0. The first kappa shape index (κ1) is 31.6. The second kappa shape index (κ2) is 12.3. The summed E-state index contributed by atoms with van der Waals surface area (Å²) in [6, 6.07) is 11.9. The van der Waals surface area contributed by atoms with E-state index in [0.717, 1.165) is 11.1 Å². The van der Waals surface area contributed by atoms with Crippen LogP contribution in [0.3, 0.4) is 0 Å². The Morgan fingerprint density at radius 2 is 1.44 bits per heavy atom. The molecule has 0 aliphatic rings. The van der Waals surface area contributed by atoms with Crippen LogP contribution in [0.25, 0.3) is 0 Å². The van der Waals surface area contributed by atoms with Gasteiger partial charge in [-0.3, -0.25) is 4.72 Å². The van der Waals surface area contributed by atoms with Crippen molar-refractivity contribution in [2.45, 2.75) is 64.2 Å². The molecule has 0 heterocycles. The molecule has 0 saturated carbocycles. The summed E-state index contributed by atoms with van der Waals surface area (Å²) in [6.45, 7) is 13.5. The van der Waals surface area contributed by atoms with Crippen LogP contribution in [0.1, 0.15) is 55.9 Å². The molecule has 7 nitrogen and oxygen atoms in total. The van der Waals surface area contributed by atoms with Gasteiger partial charge in [-0.2, -0.15) is 4.31 Å². The van der Waals surface area contributed by atoms with E-state index in [0.29, 0.717) is 25.8 Å². The van der Waals surface area contributed by atoms with Gasteiger partial charge in [0, 0.05) is 22.0 Å².